The van der Waals surface area contributed by atoms with E-state index in [-0.39, 0.29) is 6.04 Å². The van der Waals surface area contributed by atoms with Gasteiger partial charge in [-0.05, 0) is 31.5 Å². The van der Waals surface area contributed by atoms with E-state index in [1.807, 2.05) is 25.1 Å². The summed E-state index contributed by atoms with van der Waals surface area (Å²) in [6.45, 7) is 1.99. The first-order valence-corrected chi connectivity index (χ1v) is 6.68. The van der Waals surface area contributed by atoms with Crippen molar-refractivity contribution in [2.75, 3.05) is 0 Å². The van der Waals surface area contributed by atoms with E-state index >= 15 is 0 Å². The molecule has 0 bridgehead atoms. The molecule has 0 aliphatic carbocycles. The zero-order valence-corrected chi connectivity index (χ0v) is 11.1. The molecule has 2 aromatic rings. The van der Waals surface area contributed by atoms with Crippen molar-refractivity contribution in [3.63, 3.8) is 0 Å². The van der Waals surface area contributed by atoms with E-state index in [9.17, 15) is 0 Å². The maximum Gasteiger partial charge on any atom is 0.129 e. The quantitative estimate of drug-likeness (QED) is 0.926. The van der Waals surface area contributed by atoms with Crippen LogP contribution in [0.1, 0.15) is 19.2 Å². The molecule has 0 saturated heterocycles. The number of thiophene rings is 1. The molecule has 0 spiro atoms. The van der Waals surface area contributed by atoms with E-state index in [1.165, 1.54) is 11.3 Å². The number of halogens is 1. The molecule has 5 heteroatoms. The van der Waals surface area contributed by atoms with Crippen LogP contribution in [0.4, 0.5) is 0 Å². The summed E-state index contributed by atoms with van der Waals surface area (Å²) in [5.74, 6) is 0.837. The molecule has 90 valence electrons. The van der Waals surface area contributed by atoms with Gasteiger partial charge >= 0.3 is 0 Å². The standard InChI is InChI=1S/C12H14ClN3S/c1-8(14)2-5-12-15-7-6-9(16-12)10-3-4-11(13)17-10/h3-4,6-8H,2,5,14H2,1H3. The van der Waals surface area contributed by atoms with Gasteiger partial charge in [-0.2, -0.15) is 0 Å². The van der Waals surface area contributed by atoms with Gasteiger partial charge in [0.05, 0.1) is 14.9 Å². The SMILES string of the molecule is CC(N)CCc1nccc(-c2ccc(Cl)s2)n1. The number of aromatic nitrogens is 2. The fraction of sp³-hybridized carbons (Fsp3) is 0.333. The lowest BCUT2D eigenvalue weighted by molar-refractivity contribution is 0.648. The van der Waals surface area contributed by atoms with Crippen molar-refractivity contribution in [1.29, 1.82) is 0 Å². The second-order valence-corrected chi connectivity index (χ2v) is 5.69. The van der Waals surface area contributed by atoms with E-state index in [1.54, 1.807) is 6.20 Å². The Bertz CT molecular complexity index is 496. The fourth-order valence-corrected chi connectivity index (χ4v) is 2.48. The lowest BCUT2D eigenvalue weighted by atomic mass is 10.2. The summed E-state index contributed by atoms with van der Waals surface area (Å²) in [6, 6.07) is 5.94. The van der Waals surface area contributed by atoms with Gasteiger partial charge in [-0.15, -0.1) is 11.3 Å². The third-order valence-corrected chi connectivity index (χ3v) is 3.61. The average molecular weight is 268 g/mol. The van der Waals surface area contributed by atoms with Crippen molar-refractivity contribution in [3.8, 4) is 10.6 Å². The molecular weight excluding hydrogens is 254 g/mol. The van der Waals surface area contributed by atoms with Crippen LogP contribution in [-0.4, -0.2) is 16.0 Å². The molecule has 3 nitrogen and oxygen atoms in total. The zero-order chi connectivity index (χ0) is 12.3. The molecule has 2 heterocycles. The molecule has 17 heavy (non-hydrogen) atoms. The van der Waals surface area contributed by atoms with Crippen molar-refractivity contribution in [3.05, 3.63) is 34.6 Å². The summed E-state index contributed by atoms with van der Waals surface area (Å²) in [5, 5.41) is 0. The predicted molar refractivity (Wildman–Crippen MR) is 72.3 cm³/mol. The molecular formula is C12H14ClN3S. The van der Waals surface area contributed by atoms with Crippen LogP contribution in [-0.2, 0) is 6.42 Å². The minimum absolute atomic E-state index is 0.179. The minimum atomic E-state index is 0.179. The van der Waals surface area contributed by atoms with Gasteiger partial charge in [-0.25, -0.2) is 9.97 Å². The highest BCUT2D eigenvalue weighted by Gasteiger charge is 2.05. The van der Waals surface area contributed by atoms with Gasteiger partial charge in [0.15, 0.2) is 0 Å². The Balaban J connectivity index is 2.16. The van der Waals surface area contributed by atoms with Crippen LogP contribution >= 0.6 is 22.9 Å². The highest BCUT2D eigenvalue weighted by atomic mass is 35.5. The monoisotopic (exact) mass is 267 g/mol. The average Bonchev–Trinajstić information content (AvgIpc) is 2.74. The van der Waals surface area contributed by atoms with E-state index in [2.05, 4.69) is 9.97 Å². The Morgan fingerprint density at radius 3 is 2.88 bits per heavy atom. The third kappa shape index (κ3) is 3.49. The molecule has 2 N–H and O–H groups in total. The maximum atomic E-state index is 5.91. The Morgan fingerprint density at radius 2 is 2.24 bits per heavy atom. The molecule has 0 aromatic carbocycles. The summed E-state index contributed by atoms with van der Waals surface area (Å²) in [5.41, 5.74) is 6.65. The molecule has 0 aliphatic rings. The van der Waals surface area contributed by atoms with E-state index in [0.717, 1.165) is 33.6 Å². The first-order valence-electron chi connectivity index (χ1n) is 5.48. The summed E-state index contributed by atoms with van der Waals surface area (Å²) >= 11 is 7.44. The molecule has 2 rings (SSSR count). The van der Waals surface area contributed by atoms with Crippen molar-refractivity contribution < 1.29 is 0 Å². The van der Waals surface area contributed by atoms with Gasteiger partial charge in [-0.1, -0.05) is 11.6 Å². The van der Waals surface area contributed by atoms with E-state index in [0.29, 0.717) is 0 Å². The van der Waals surface area contributed by atoms with Gasteiger partial charge in [0.1, 0.15) is 5.82 Å². The number of rotatable bonds is 4. The van der Waals surface area contributed by atoms with Crippen molar-refractivity contribution in [2.24, 2.45) is 5.73 Å². The molecule has 0 aliphatic heterocycles. The van der Waals surface area contributed by atoms with Crippen LogP contribution in [0.15, 0.2) is 24.4 Å². The summed E-state index contributed by atoms with van der Waals surface area (Å²) in [7, 11) is 0. The van der Waals surface area contributed by atoms with Crippen molar-refractivity contribution >= 4 is 22.9 Å². The Labute approximate surface area is 110 Å². The second-order valence-electron chi connectivity index (χ2n) is 3.98. The lowest BCUT2D eigenvalue weighted by Gasteiger charge is -2.04. The number of aryl methyl sites for hydroxylation is 1. The molecule has 1 unspecified atom stereocenters. The summed E-state index contributed by atoms with van der Waals surface area (Å²) < 4.78 is 0.774. The van der Waals surface area contributed by atoms with Crippen LogP contribution in [0.2, 0.25) is 4.34 Å². The van der Waals surface area contributed by atoms with Gasteiger partial charge in [0.2, 0.25) is 0 Å². The van der Waals surface area contributed by atoms with Gasteiger partial charge in [0, 0.05) is 18.7 Å². The highest BCUT2D eigenvalue weighted by Crippen LogP contribution is 2.29. The van der Waals surface area contributed by atoms with E-state index < -0.39 is 0 Å². The van der Waals surface area contributed by atoms with Crippen molar-refractivity contribution in [2.45, 2.75) is 25.8 Å². The Hall–Kier alpha value is -0.970. The van der Waals surface area contributed by atoms with Crippen LogP contribution in [0, 0.1) is 0 Å². The Kier molecular flexibility index (Phi) is 4.10. The van der Waals surface area contributed by atoms with Crippen LogP contribution in [0.3, 0.4) is 0 Å². The number of hydrogen-bond donors (Lipinski definition) is 1. The molecule has 1 atom stereocenters. The third-order valence-electron chi connectivity index (χ3n) is 2.35. The first-order chi connectivity index (χ1) is 8.15. The van der Waals surface area contributed by atoms with Crippen molar-refractivity contribution in [1.82, 2.24) is 9.97 Å². The topological polar surface area (TPSA) is 51.8 Å². The van der Waals surface area contributed by atoms with Gasteiger partial charge < -0.3 is 5.73 Å². The lowest BCUT2D eigenvalue weighted by Crippen LogP contribution is -2.16. The fourth-order valence-electron chi connectivity index (χ4n) is 1.47. The number of hydrogen-bond acceptors (Lipinski definition) is 4. The van der Waals surface area contributed by atoms with E-state index in [4.69, 9.17) is 17.3 Å². The number of nitrogens with zero attached hydrogens (tertiary/aromatic N) is 2. The first kappa shape index (κ1) is 12.5. The Morgan fingerprint density at radius 1 is 1.41 bits per heavy atom. The summed E-state index contributed by atoms with van der Waals surface area (Å²) in [4.78, 5) is 9.83. The highest BCUT2D eigenvalue weighted by molar-refractivity contribution is 7.19. The molecule has 0 saturated carbocycles. The largest absolute Gasteiger partial charge is 0.328 e. The summed E-state index contributed by atoms with van der Waals surface area (Å²) in [6.07, 6.45) is 3.49. The van der Waals surface area contributed by atoms with Crippen LogP contribution in [0.25, 0.3) is 10.6 Å². The second kappa shape index (κ2) is 5.58. The molecule has 0 radical (unpaired) electrons. The molecule has 2 aromatic heterocycles. The minimum Gasteiger partial charge on any atom is -0.328 e. The zero-order valence-electron chi connectivity index (χ0n) is 9.56. The predicted octanol–water partition coefficient (Wildman–Crippen LogP) is 3.14. The molecule has 0 fully saturated rings. The van der Waals surface area contributed by atoms with Crippen LogP contribution < -0.4 is 5.73 Å². The van der Waals surface area contributed by atoms with Gasteiger partial charge in [0.25, 0.3) is 0 Å². The number of nitrogens with two attached hydrogens (primary N) is 1. The van der Waals surface area contributed by atoms with Crippen LogP contribution in [0.5, 0.6) is 0 Å². The maximum absolute atomic E-state index is 5.91. The normalized spacial score (nSPS) is 12.6. The van der Waals surface area contributed by atoms with Gasteiger partial charge in [-0.3, -0.25) is 0 Å². The molecule has 0 amide bonds. The smallest absolute Gasteiger partial charge is 0.129 e.